The number of aromatic nitrogens is 1. The van der Waals surface area contributed by atoms with Crippen molar-refractivity contribution in [2.75, 3.05) is 10.6 Å². The highest BCUT2D eigenvalue weighted by molar-refractivity contribution is 6.07. The first-order valence-electron chi connectivity index (χ1n) is 10.9. The highest BCUT2D eigenvalue weighted by Crippen LogP contribution is 2.43. The molecular weight excluding hydrogens is 414 g/mol. The van der Waals surface area contributed by atoms with Crippen LogP contribution >= 0.6 is 0 Å². The normalized spacial score (nSPS) is 12.9. The van der Waals surface area contributed by atoms with Crippen LogP contribution in [-0.2, 0) is 0 Å². The van der Waals surface area contributed by atoms with Crippen molar-refractivity contribution >= 4 is 23.2 Å². The third-order valence-corrected chi connectivity index (χ3v) is 5.70. The second kappa shape index (κ2) is 8.74. The topological polar surface area (TPSA) is 84.2 Å². The van der Waals surface area contributed by atoms with Gasteiger partial charge in [-0.25, -0.2) is 4.98 Å². The third kappa shape index (κ3) is 4.41. The smallest absolute Gasteiger partial charge is 0.277 e. The van der Waals surface area contributed by atoms with Gasteiger partial charge >= 0.3 is 0 Å². The predicted octanol–water partition coefficient (Wildman–Crippen LogP) is 6.03. The molecule has 1 aromatic heterocycles. The number of oxazole rings is 1. The summed E-state index contributed by atoms with van der Waals surface area (Å²) in [5.41, 5.74) is 3.71. The van der Waals surface area contributed by atoms with Gasteiger partial charge < -0.3 is 15.1 Å². The van der Waals surface area contributed by atoms with Crippen LogP contribution < -0.4 is 10.6 Å². The van der Waals surface area contributed by atoms with Gasteiger partial charge in [0.05, 0.1) is 0 Å². The fourth-order valence-electron chi connectivity index (χ4n) is 3.69. The molecule has 3 aromatic carbocycles. The Balaban J connectivity index is 1.39. The van der Waals surface area contributed by atoms with E-state index in [0.29, 0.717) is 34.3 Å². The molecule has 4 aromatic rings. The lowest BCUT2D eigenvalue weighted by Crippen LogP contribution is -2.17. The van der Waals surface area contributed by atoms with E-state index in [0.717, 1.165) is 24.0 Å². The van der Waals surface area contributed by atoms with Crippen molar-refractivity contribution in [3.8, 4) is 11.5 Å². The lowest BCUT2D eigenvalue weighted by atomic mass is 10.1. The molecule has 33 heavy (non-hydrogen) atoms. The van der Waals surface area contributed by atoms with Crippen molar-refractivity contribution in [2.24, 2.45) is 0 Å². The second-order valence-corrected chi connectivity index (χ2v) is 8.12. The minimum Gasteiger partial charge on any atom is -0.440 e. The minimum absolute atomic E-state index is 0.206. The number of carbonyl (C=O) groups is 2. The maximum Gasteiger partial charge on any atom is 0.277 e. The Kier molecular flexibility index (Phi) is 5.48. The molecule has 1 heterocycles. The van der Waals surface area contributed by atoms with Crippen LogP contribution in [-0.4, -0.2) is 16.8 Å². The van der Waals surface area contributed by atoms with E-state index in [4.69, 9.17) is 4.42 Å². The van der Waals surface area contributed by atoms with Crippen LogP contribution in [0, 0.1) is 6.92 Å². The molecule has 0 unspecified atom stereocenters. The summed E-state index contributed by atoms with van der Waals surface area (Å²) < 4.78 is 6.01. The molecule has 0 bridgehead atoms. The Morgan fingerprint density at radius 2 is 1.42 bits per heavy atom. The molecule has 1 aliphatic rings. The molecular formula is C27H23N3O3. The SMILES string of the molecule is Cc1c(NC(=O)c2ccccc2)cccc1NC(=O)c1nc(-c2ccccc2)oc1C1CC1. The molecule has 6 heteroatoms. The molecule has 164 valence electrons. The van der Waals surface area contributed by atoms with E-state index in [-0.39, 0.29) is 17.7 Å². The number of benzene rings is 3. The Morgan fingerprint density at radius 1 is 0.818 bits per heavy atom. The zero-order valence-electron chi connectivity index (χ0n) is 18.2. The van der Waals surface area contributed by atoms with Crippen LogP contribution in [0.25, 0.3) is 11.5 Å². The maximum absolute atomic E-state index is 13.2. The summed E-state index contributed by atoms with van der Waals surface area (Å²) in [6.45, 7) is 1.86. The summed E-state index contributed by atoms with van der Waals surface area (Å²) in [6.07, 6.45) is 1.98. The zero-order valence-corrected chi connectivity index (χ0v) is 18.2. The quantitative estimate of drug-likeness (QED) is 0.386. The average Bonchev–Trinajstić information content (AvgIpc) is 3.60. The number of amides is 2. The van der Waals surface area contributed by atoms with Gasteiger partial charge in [0.15, 0.2) is 5.69 Å². The largest absolute Gasteiger partial charge is 0.440 e. The standard InChI is InChI=1S/C27H23N3O3/c1-17-21(28-25(31)19-9-4-2-5-10-19)13-8-14-22(17)29-26(32)23-24(18-15-16-18)33-27(30-23)20-11-6-3-7-12-20/h2-14,18H,15-16H2,1H3,(H,28,31)(H,29,32). The predicted molar refractivity (Wildman–Crippen MR) is 127 cm³/mol. The first-order chi connectivity index (χ1) is 16.1. The molecule has 0 aliphatic heterocycles. The summed E-state index contributed by atoms with van der Waals surface area (Å²) in [4.78, 5) is 30.3. The van der Waals surface area contributed by atoms with Gasteiger partial charge in [-0.15, -0.1) is 0 Å². The number of nitrogens with zero attached hydrogens (tertiary/aromatic N) is 1. The van der Waals surface area contributed by atoms with Crippen LogP contribution in [0.1, 0.15) is 50.9 Å². The van der Waals surface area contributed by atoms with E-state index in [1.807, 2.05) is 61.5 Å². The van der Waals surface area contributed by atoms with E-state index in [1.165, 1.54) is 0 Å². The molecule has 6 nitrogen and oxygen atoms in total. The van der Waals surface area contributed by atoms with Gasteiger partial charge in [0, 0.05) is 28.4 Å². The van der Waals surface area contributed by atoms with E-state index in [2.05, 4.69) is 15.6 Å². The van der Waals surface area contributed by atoms with Gasteiger partial charge in [-0.1, -0.05) is 42.5 Å². The Hall–Kier alpha value is -4.19. The molecule has 1 aliphatic carbocycles. The summed E-state index contributed by atoms with van der Waals surface area (Å²) in [7, 11) is 0. The third-order valence-electron chi connectivity index (χ3n) is 5.70. The molecule has 0 radical (unpaired) electrons. The van der Waals surface area contributed by atoms with Crippen molar-refractivity contribution in [1.82, 2.24) is 4.98 Å². The van der Waals surface area contributed by atoms with Crippen LogP contribution in [0.5, 0.6) is 0 Å². The van der Waals surface area contributed by atoms with Gasteiger partial charge in [0.25, 0.3) is 11.8 Å². The van der Waals surface area contributed by atoms with Crippen LogP contribution in [0.2, 0.25) is 0 Å². The van der Waals surface area contributed by atoms with E-state index in [9.17, 15) is 9.59 Å². The Labute approximate surface area is 191 Å². The molecule has 5 rings (SSSR count). The number of hydrogen-bond acceptors (Lipinski definition) is 4. The van der Waals surface area contributed by atoms with Gasteiger partial charge in [0.1, 0.15) is 5.76 Å². The molecule has 2 amide bonds. The molecule has 1 fully saturated rings. The van der Waals surface area contributed by atoms with Crippen molar-refractivity contribution in [2.45, 2.75) is 25.7 Å². The van der Waals surface area contributed by atoms with Crippen LogP contribution in [0.4, 0.5) is 11.4 Å². The second-order valence-electron chi connectivity index (χ2n) is 8.12. The van der Waals surface area contributed by atoms with E-state index in [1.54, 1.807) is 24.3 Å². The van der Waals surface area contributed by atoms with Crippen LogP contribution in [0.15, 0.2) is 83.3 Å². The van der Waals surface area contributed by atoms with Crippen molar-refractivity contribution < 1.29 is 14.0 Å². The molecule has 1 saturated carbocycles. The minimum atomic E-state index is -0.322. The van der Waals surface area contributed by atoms with E-state index >= 15 is 0 Å². The first kappa shape index (κ1) is 20.7. The highest BCUT2D eigenvalue weighted by Gasteiger charge is 2.34. The fourth-order valence-corrected chi connectivity index (χ4v) is 3.69. The first-order valence-corrected chi connectivity index (χ1v) is 10.9. The van der Waals surface area contributed by atoms with Crippen LogP contribution in [0.3, 0.4) is 0 Å². The molecule has 0 spiro atoms. The fraction of sp³-hybridized carbons (Fsp3) is 0.148. The number of rotatable bonds is 6. The number of nitrogens with one attached hydrogen (secondary N) is 2. The van der Waals surface area contributed by atoms with Gasteiger partial charge in [0.2, 0.25) is 5.89 Å². The Bertz CT molecular complexity index is 1310. The lowest BCUT2D eigenvalue weighted by molar-refractivity contribution is 0.101. The van der Waals surface area contributed by atoms with E-state index < -0.39 is 0 Å². The Morgan fingerprint density at radius 3 is 2.06 bits per heavy atom. The van der Waals surface area contributed by atoms with Crippen molar-refractivity contribution in [1.29, 1.82) is 0 Å². The van der Waals surface area contributed by atoms with Gasteiger partial charge in [-0.05, 0) is 61.7 Å². The van der Waals surface area contributed by atoms with Crippen molar-refractivity contribution in [3.05, 3.63) is 101 Å². The molecule has 0 atom stereocenters. The molecule has 0 saturated heterocycles. The monoisotopic (exact) mass is 437 g/mol. The summed E-state index contributed by atoms with van der Waals surface area (Å²) in [5, 5.41) is 5.88. The number of anilines is 2. The van der Waals surface area contributed by atoms with Gasteiger partial charge in [-0.2, -0.15) is 0 Å². The molecule has 2 N–H and O–H groups in total. The summed E-state index contributed by atoms with van der Waals surface area (Å²) >= 11 is 0. The number of carbonyl (C=O) groups excluding carboxylic acids is 2. The zero-order chi connectivity index (χ0) is 22.8. The number of hydrogen-bond donors (Lipinski definition) is 2. The summed E-state index contributed by atoms with van der Waals surface area (Å²) in [5.74, 6) is 0.786. The highest BCUT2D eigenvalue weighted by atomic mass is 16.4. The summed E-state index contributed by atoms with van der Waals surface area (Å²) in [6, 6.07) is 24.0. The lowest BCUT2D eigenvalue weighted by Gasteiger charge is -2.13. The van der Waals surface area contributed by atoms with Gasteiger partial charge in [-0.3, -0.25) is 9.59 Å². The maximum atomic E-state index is 13.2. The average molecular weight is 437 g/mol. The van der Waals surface area contributed by atoms with Crippen molar-refractivity contribution in [3.63, 3.8) is 0 Å².